The summed E-state index contributed by atoms with van der Waals surface area (Å²) in [4.78, 5) is 31.7. The number of carbonyl (C=O) groups excluding carboxylic acids is 2. The van der Waals surface area contributed by atoms with Gasteiger partial charge in [-0.05, 0) is 81.0 Å². The topological polar surface area (TPSA) is 59.1 Å². The number of hydrogen-bond donors (Lipinski definition) is 0. The molecular formula is C28H27F9N2O4. The average Bonchev–Trinajstić information content (AvgIpc) is 3.70. The van der Waals surface area contributed by atoms with Gasteiger partial charge in [0.05, 0.1) is 40.6 Å². The van der Waals surface area contributed by atoms with Crippen molar-refractivity contribution in [3.05, 3.63) is 64.2 Å². The molecule has 1 aliphatic carbocycles. The number of amides is 1. The maximum absolute atomic E-state index is 13.8. The first-order valence-corrected chi connectivity index (χ1v) is 13.2. The molecule has 2 atom stereocenters. The van der Waals surface area contributed by atoms with Gasteiger partial charge in [0.2, 0.25) is 5.91 Å². The molecular weight excluding hydrogens is 599 g/mol. The summed E-state index contributed by atoms with van der Waals surface area (Å²) in [6.45, 7) is 3.35. The van der Waals surface area contributed by atoms with Gasteiger partial charge in [0.25, 0.3) is 0 Å². The number of fused-ring (bicyclic) bond motifs is 1. The summed E-state index contributed by atoms with van der Waals surface area (Å²) in [7, 11) is 0. The molecule has 4 rings (SSSR count). The quantitative estimate of drug-likeness (QED) is 0.239. The third-order valence-electron chi connectivity index (χ3n) is 7.17. The summed E-state index contributed by atoms with van der Waals surface area (Å²) in [6.07, 6.45) is -15.7. The van der Waals surface area contributed by atoms with Gasteiger partial charge in [0.15, 0.2) is 0 Å². The smallest absolute Gasteiger partial charge is 0.430 e. The highest BCUT2D eigenvalue weighted by atomic mass is 19.4. The Morgan fingerprint density at radius 2 is 1.44 bits per heavy atom. The second-order valence-electron chi connectivity index (χ2n) is 10.8. The number of hydrogen-bond acceptors (Lipinski definition) is 5. The zero-order chi connectivity index (χ0) is 32.1. The van der Waals surface area contributed by atoms with Crippen LogP contribution >= 0.6 is 0 Å². The van der Waals surface area contributed by atoms with Gasteiger partial charge in [-0.1, -0.05) is 0 Å². The Bertz CT molecular complexity index is 1340. The summed E-state index contributed by atoms with van der Waals surface area (Å²) < 4.78 is 127. The molecule has 0 N–H and O–H groups in total. The molecule has 1 amide bonds. The number of alkyl halides is 9. The number of hydroxylamine groups is 1. The van der Waals surface area contributed by atoms with E-state index in [1.165, 1.54) is 0 Å². The van der Waals surface area contributed by atoms with Gasteiger partial charge in [-0.25, -0.2) is 4.79 Å². The van der Waals surface area contributed by atoms with E-state index in [0.717, 1.165) is 35.1 Å². The van der Waals surface area contributed by atoms with E-state index in [2.05, 4.69) is 0 Å². The predicted octanol–water partition coefficient (Wildman–Crippen LogP) is 8.30. The van der Waals surface area contributed by atoms with Crippen LogP contribution in [0.1, 0.15) is 73.9 Å². The summed E-state index contributed by atoms with van der Waals surface area (Å²) in [6, 6.07) is 1.52. The minimum Gasteiger partial charge on any atom is -0.430 e. The monoisotopic (exact) mass is 626 g/mol. The van der Waals surface area contributed by atoms with Gasteiger partial charge < -0.3 is 14.5 Å². The normalized spacial score (nSPS) is 19.2. The Morgan fingerprint density at radius 1 is 0.884 bits per heavy atom. The average molecular weight is 627 g/mol. The third-order valence-corrected chi connectivity index (χ3v) is 7.17. The number of rotatable bonds is 6. The first-order valence-electron chi connectivity index (χ1n) is 13.2. The largest absolute Gasteiger partial charge is 0.533 e. The van der Waals surface area contributed by atoms with E-state index >= 15 is 0 Å². The molecule has 6 nitrogen and oxygen atoms in total. The molecule has 43 heavy (non-hydrogen) atoms. The standard InChI is InChI=1S/C28H27F9N2O4/c1-14(2)42-25(41)43-39-22-7-6-18(26(29,30)31)11-21(22)24(12-23(39)17-4-5-17)38(15(3)40)13-16-8-19(27(32,33)34)10-20(9-16)28(35,36)37/h6-11,14,17,23-24H,4-5,12-13H2,1-3H3/t23-,24-/m0/s1. The van der Waals surface area contributed by atoms with Crippen molar-refractivity contribution in [1.29, 1.82) is 0 Å². The molecule has 0 radical (unpaired) electrons. The van der Waals surface area contributed by atoms with Crippen LogP contribution < -0.4 is 5.06 Å². The SMILES string of the molecule is CC(=O)N(Cc1cc(C(F)(F)F)cc(C(F)(F)F)c1)[C@H]1C[C@@H](C2CC2)N(OC(=O)OC(C)C)c2ccc(C(F)(F)F)cc21. The van der Waals surface area contributed by atoms with Crippen LogP contribution in [-0.2, 0) is 39.4 Å². The van der Waals surface area contributed by atoms with Crippen LogP contribution in [0.15, 0.2) is 36.4 Å². The van der Waals surface area contributed by atoms with Crippen LogP contribution in [-0.4, -0.2) is 29.1 Å². The molecule has 15 heteroatoms. The van der Waals surface area contributed by atoms with Gasteiger partial charge in [0, 0.05) is 19.0 Å². The fourth-order valence-corrected chi connectivity index (χ4v) is 5.15. The predicted molar refractivity (Wildman–Crippen MR) is 133 cm³/mol. The van der Waals surface area contributed by atoms with E-state index in [0.29, 0.717) is 25.0 Å². The van der Waals surface area contributed by atoms with E-state index in [1.54, 1.807) is 13.8 Å². The Kier molecular flexibility index (Phi) is 8.59. The second kappa shape index (κ2) is 11.5. The maximum atomic E-state index is 13.8. The molecule has 236 valence electrons. The number of anilines is 1. The first-order chi connectivity index (χ1) is 19.8. The number of benzene rings is 2. The first kappa shape index (κ1) is 32.3. The van der Waals surface area contributed by atoms with Crippen molar-refractivity contribution in [2.75, 3.05) is 5.06 Å². The van der Waals surface area contributed by atoms with E-state index < -0.39 is 77.6 Å². The number of halogens is 9. The van der Waals surface area contributed by atoms with Crippen LogP contribution in [0.3, 0.4) is 0 Å². The van der Waals surface area contributed by atoms with Gasteiger partial charge in [0.1, 0.15) is 0 Å². The molecule has 2 aromatic rings. The maximum Gasteiger partial charge on any atom is 0.533 e. The van der Waals surface area contributed by atoms with Crippen molar-refractivity contribution in [3.63, 3.8) is 0 Å². The summed E-state index contributed by atoms with van der Waals surface area (Å²) in [5.74, 6) is -0.925. The highest BCUT2D eigenvalue weighted by molar-refractivity contribution is 5.75. The highest BCUT2D eigenvalue weighted by Crippen LogP contribution is 2.50. The molecule has 2 aliphatic rings. The number of ether oxygens (including phenoxy) is 1. The molecule has 2 aromatic carbocycles. The Balaban J connectivity index is 1.83. The molecule has 0 unspecified atom stereocenters. The van der Waals surface area contributed by atoms with Crippen molar-refractivity contribution in [1.82, 2.24) is 4.90 Å². The van der Waals surface area contributed by atoms with E-state index in [1.807, 2.05) is 0 Å². The molecule has 1 aliphatic heterocycles. The van der Waals surface area contributed by atoms with Crippen LogP contribution in [0.4, 0.5) is 50.0 Å². The van der Waals surface area contributed by atoms with Crippen LogP contribution in [0.25, 0.3) is 0 Å². The van der Waals surface area contributed by atoms with E-state index in [9.17, 15) is 49.1 Å². The van der Waals surface area contributed by atoms with Crippen LogP contribution in [0, 0.1) is 5.92 Å². The molecule has 1 heterocycles. The molecule has 0 saturated heterocycles. The Morgan fingerprint density at radius 3 is 1.91 bits per heavy atom. The number of nitrogens with zero attached hydrogens (tertiary/aromatic N) is 2. The molecule has 0 aromatic heterocycles. The zero-order valence-corrected chi connectivity index (χ0v) is 23.0. The van der Waals surface area contributed by atoms with E-state index in [-0.39, 0.29) is 29.7 Å². The van der Waals surface area contributed by atoms with Crippen LogP contribution in [0.5, 0.6) is 0 Å². The Hall–Kier alpha value is -3.65. The lowest BCUT2D eigenvalue weighted by Crippen LogP contribution is -2.47. The zero-order valence-electron chi connectivity index (χ0n) is 23.0. The molecule has 0 spiro atoms. The van der Waals surface area contributed by atoms with Crippen molar-refractivity contribution in [2.45, 2.75) is 83.3 Å². The van der Waals surface area contributed by atoms with Crippen molar-refractivity contribution in [2.24, 2.45) is 5.92 Å². The fourth-order valence-electron chi connectivity index (χ4n) is 5.15. The summed E-state index contributed by atoms with van der Waals surface area (Å²) >= 11 is 0. The lowest BCUT2D eigenvalue weighted by Gasteiger charge is -2.44. The summed E-state index contributed by atoms with van der Waals surface area (Å²) in [5, 5.41) is 1.12. The Labute approximate surface area is 240 Å². The van der Waals surface area contributed by atoms with Gasteiger partial charge in [-0.15, -0.1) is 0 Å². The minimum atomic E-state index is -5.14. The number of carbonyl (C=O) groups is 2. The second-order valence-corrected chi connectivity index (χ2v) is 10.8. The van der Waals surface area contributed by atoms with Crippen molar-refractivity contribution >= 4 is 17.7 Å². The highest BCUT2D eigenvalue weighted by Gasteiger charge is 2.47. The fraction of sp³-hybridized carbons (Fsp3) is 0.500. The third kappa shape index (κ3) is 7.47. The lowest BCUT2D eigenvalue weighted by atomic mass is 9.87. The molecule has 1 fully saturated rings. The van der Waals surface area contributed by atoms with Gasteiger partial charge in [-0.2, -0.15) is 44.6 Å². The molecule has 1 saturated carbocycles. The van der Waals surface area contributed by atoms with Crippen LogP contribution in [0.2, 0.25) is 0 Å². The van der Waals surface area contributed by atoms with E-state index in [4.69, 9.17) is 9.57 Å². The van der Waals surface area contributed by atoms with Crippen molar-refractivity contribution in [3.8, 4) is 0 Å². The minimum absolute atomic E-state index is 0.0203. The van der Waals surface area contributed by atoms with Gasteiger partial charge in [-0.3, -0.25) is 4.79 Å². The van der Waals surface area contributed by atoms with Crippen molar-refractivity contribution < 1.29 is 58.7 Å². The molecule has 0 bridgehead atoms. The lowest BCUT2D eigenvalue weighted by molar-refractivity contribution is -0.143. The summed E-state index contributed by atoms with van der Waals surface area (Å²) in [5.41, 5.74) is -5.00. The van der Waals surface area contributed by atoms with Gasteiger partial charge >= 0.3 is 24.7 Å².